The molecular weight excluding hydrogens is 406 g/mol. The minimum atomic E-state index is -3.61. The van der Waals surface area contributed by atoms with E-state index in [4.69, 9.17) is 4.84 Å². The van der Waals surface area contributed by atoms with Crippen LogP contribution in [0.1, 0.15) is 30.0 Å². The first kappa shape index (κ1) is 20.3. The highest BCUT2D eigenvalue weighted by Gasteiger charge is 2.22. The van der Waals surface area contributed by atoms with E-state index >= 15 is 0 Å². The first-order valence-corrected chi connectivity index (χ1v) is 11.1. The average molecular weight is 430 g/mol. The first-order valence-electron chi connectivity index (χ1n) is 9.65. The number of carbonyl (C=O) groups is 1. The van der Waals surface area contributed by atoms with E-state index in [-0.39, 0.29) is 23.5 Å². The molecule has 4 rings (SSSR count). The lowest BCUT2D eigenvalue weighted by Gasteiger charge is -2.26. The summed E-state index contributed by atoms with van der Waals surface area (Å²) in [4.78, 5) is 19.1. The van der Waals surface area contributed by atoms with Crippen molar-refractivity contribution in [3.05, 3.63) is 53.6 Å². The van der Waals surface area contributed by atoms with E-state index in [0.29, 0.717) is 11.0 Å². The average Bonchev–Trinajstić information content (AvgIpc) is 3.15. The van der Waals surface area contributed by atoms with Gasteiger partial charge in [0.15, 0.2) is 6.61 Å². The number of rotatable bonds is 6. The zero-order valence-corrected chi connectivity index (χ0v) is 17.6. The Labute approximate surface area is 174 Å². The monoisotopic (exact) mass is 429 g/mol. The molecule has 10 heteroatoms. The Hall–Kier alpha value is -2.98. The fourth-order valence-corrected chi connectivity index (χ4v) is 4.53. The van der Waals surface area contributed by atoms with Crippen molar-refractivity contribution in [3.63, 3.8) is 0 Å². The Morgan fingerprint density at radius 2 is 2.07 bits per heavy atom. The summed E-state index contributed by atoms with van der Waals surface area (Å²) in [5, 5.41) is 10.8. The Balaban J connectivity index is 1.47. The largest absolute Gasteiger partial charge is 0.385 e. The number of benzene rings is 2. The summed E-state index contributed by atoms with van der Waals surface area (Å²) in [5.41, 5.74) is 3.23. The zero-order valence-electron chi connectivity index (χ0n) is 16.8. The van der Waals surface area contributed by atoms with Crippen LogP contribution >= 0.6 is 0 Å². The van der Waals surface area contributed by atoms with Gasteiger partial charge < -0.3 is 10.2 Å². The lowest BCUT2D eigenvalue weighted by Crippen LogP contribution is -2.36. The smallest absolute Gasteiger partial charge is 0.261 e. The molecule has 1 N–H and O–H groups in total. The third kappa shape index (κ3) is 3.88. The summed E-state index contributed by atoms with van der Waals surface area (Å²) in [6.07, 6.45) is 2.91. The second-order valence-corrected chi connectivity index (χ2v) is 9.54. The van der Waals surface area contributed by atoms with Crippen LogP contribution in [0, 0.1) is 0 Å². The highest BCUT2D eigenvalue weighted by atomic mass is 32.2. The van der Waals surface area contributed by atoms with E-state index in [2.05, 4.69) is 21.7 Å². The van der Waals surface area contributed by atoms with Crippen LogP contribution in [0.25, 0.3) is 11.0 Å². The molecule has 9 nitrogen and oxygen atoms in total. The molecule has 1 atom stereocenters. The van der Waals surface area contributed by atoms with Gasteiger partial charge in [-0.1, -0.05) is 29.1 Å². The second kappa shape index (κ2) is 8.04. The number of hydrogen-bond acceptors (Lipinski definition) is 6. The molecule has 0 fully saturated rings. The van der Waals surface area contributed by atoms with E-state index in [1.54, 1.807) is 6.07 Å². The third-order valence-electron chi connectivity index (χ3n) is 5.19. The highest BCUT2D eigenvalue weighted by Crippen LogP contribution is 2.29. The number of nitrogens with one attached hydrogen (secondary N) is 1. The van der Waals surface area contributed by atoms with E-state index < -0.39 is 10.0 Å². The quantitative estimate of drug-likeness (QED) is 0.633. The van der Waals surface area contributed by atoms with Crippen LogP contribution in [0.2, 0.25) is 0 Å². The van der Waals surface area contributed by atoms with Gasteiger partial charge in [-0.25, -0.2) is 12.7 Å². The van der Waals surface area contributed by atoms with Crippen LogP contribution in [0.3, 0.4) is 0 Å². The Kier molecular flexibility index (Phi) is 5.44. The highest BCUT2D eigenvalue weighted by molar-refractivity contribution is 7.89. The van der Waals surface area contributed by atoms with Gasteiger partial charge in [-0.15, -0.1) is 5.10 Å². The molecule has 0 saturated carbocycles. The first-order chi connectivity index (χ1) is 14.4. The lowest BCUT2D eigenvalue weighted by atomic mass is 9.88. The van der Waals surface area contributed by atoms with E-state index in [1.807, 2.05) is 18.2 Å². The third-order valence-corrected chi connectivity index (χ3v) is 7.00. The van der Waals surface area contributed by atoms with Gasteiger partial charge in [-0.3, -0.25) is 4.79 Å². The molecule has 2 aromatic carbocycles. The van der Waals surface area contributed by atoms with Crippen LogP contribution in [0.5, 0.6) is 0 Å². The molecule has 1 aliphatic rings. The summed E-state index contributed by atoms with van der Waals surface area (Å²) in [6.45, 7) is -0.262. The zero-order chi connectivity index (χ0) is 21.3. The van der Waals surface area contributed by atoms with Crippen LogP contribution < -0.4 is 10.2 Å². The molecule has 158 valence electrons. The summed E-state index contributed by atoms with van der Waals surface area (Å²) in [5.74, 6) is -0.280. The molecule has 1 amide bonds. The molecule has 0 bridgehead atoms. The van der Waals surface area contributed by atoms with Crippen molar-refractivity contribution in [1.29, 1.82) is 0 Å². The molecule has 1 heterocycles. The summed E-state index contributed by atoms with van der Waals surface area (Å²) in [6, 6.07) is 12.5. The Morgan fingerprint density at radius 1 is 1.27 bits per heavy atom. The van der Waals surface area contributed by atoms with Crippen LogP contribution in [-0.4, -0.2) is 54.5 Å². The predicted octanol–water partition coefficient (Wildman–Crippen LogP) is 1.30. The van der Waals surface area contributed by atoms with E-state index in [1.165, 1.54) is 31.8 Å². The van der Waals surface area contributed by atoms with Crippen molar-refractivity contribution in [3.8, 4) is 0 Å². The fourth-order valence-electron chi connectivity index (χ4n) is 3.60. The second-order valence-electron chi connectivity index (χ2n) is 7.38. The summed E-state index contributed by atoms with van der Waals surface area (Å²) < 4.78 is 25.9. The van der Waals surface area contributed by atoms with Crippen molar-refractivity contribution in [2.24, 2.45) is 0 Å². The molecule has 0 radical (unpaired) electrons. The van der Waals surface area contributed by atoms with Crippen LogP contribution in [0.15, 0.2) is 47.4 Å². The lowest BCUT2D eigenvalue weighted by molar-refractivity contribution is -0.127. The van der Waals surface area contributed by atoms with Crippen molar-refractivity contribution in [2.75, 3.05) is 20.7 Å². The van der Waals surface area contributed by atoms with Gasteiger partial charge in [-0.2, -0.15) is 0 Å². The van der Waals surface area contributed by atoms with Crippen molar-refractivity contribution < 1.29 is 18.0 Å². The predicted molar refractivity (Wildman–Crippen MR) is 110 cm³/mol. The number of aryl methyl sites for hydroxylation is 1. The minimum Gasteiger partial charge on any atom is -0.385 e. The number of aromatic nitrogens is 3. The van der Waals surface area contributed by atoms with Gasteiger partial charge in [0.2, 0.25) is 10.0 Å². The van der Waals surface area contributed by atoms with E-state index in [0.717, 1.165) is 34.0 Å². The number of hydrogen-bond donors (Lipinski definition) is 1. The SMILES string of the molecule is CN(C)S(=O)(=O)c1ccc2nnn(OCC(=O)NC3CCCc4ccccc43)c2c1. The molecular formula is C20H23N5O4S. The number of amides is 1. The maximum atomic E-state index is 12.5. The normalized spacial score (nSPS) is 16.4. The van der Waals surface area contributed by atoms with Gasteiger partial charge in [0, 0.05) is 14.1 Å². The standard InChI is InChI=1S/C20H23N5O4S/c1-24(2)30(27,28)15-10-11-18-19(12-15)25(23-22-18)29-13-20(26)21-17-9-5-7-14-6-3-4-8-16(14)17/h3-4,6,8,10-12,17H,5,7,9,13H2,1-2H3,(H,21,26). The Bertz CT molecular complexity index is 1190. The van der Waals surface area contributed by atoms with Crippen LogP contribution in [0.4, 0.5) is 0 Å². The number of sulfonamides is 1. The van der Waals surface area contributed by atoms with Gasteiger partial charge >= 0.3 is 0 Å². The molecule has 0 aliphatic heterocycles. The Morgan fingerprint density at radius 3 is 2.87 bits per heavy atom. The molecule has 30 heavy (non-hydrogen) atoms. The molecule has 0 spiro atoms. The molecule has 0 saturated heterocycles. The minimum absolute atomic E-state index is 0.0459. The van der Waals surface area contributed by atoms with Gasteiger partial charge in [0.1, 0.15) is 11.0 Å². The van der Waals surface area contributed by atoms with Crippen molar-refractivity contribution in [2.45, 2.75) is 30.2 Å². The van der Waals surface area contributed by atoms with Crippen molar-refractivity contribution >= 4 is 27.0 Å². The molecule has 1 aliphatic carbocycles. The van der Waals surface area contributed by atoms with Gasteiger partial charge in [0.25, 0.3) is 5.91 Å². The van der Waals surface area contributed by atoms with Crippen LogP contribution in [-0.2, 0) is 21.2 Å². The fraction of sp³-hybridized carbons (Fsp3) is 0.350. The maximum Gasteiger partial charge on any atom is 0.261 e. The molecule has 3 aromatic rings. The van der Waals surface area contributed by atoms with Gasteiger partial charge in [0.05, 0.1) is 10.9 Å². The number of carbonyl (C=O) groups excluding carboxylic acids is 1. The van der Waals surface area contributed by atoms with Gasteiger partial charge in [-0.05, 0) is 53.8 Å². The van der Waals surface area contributed by atoms with E-state index in [9.17, 15) is 13.2 Å². The maximum absolute atomic E-state index is 12.5. The molecule has 1 aromatic heterocycles. The topological polar surface area (TPSA) is 106 Å². The summed E-state index contributed by atoms with van der Waals surface area (Å²) in [7, 11) is -0.697. The number of nitrogens with zero attached hydrogens (tertiary/aromatic N) is 4. The number of fused-ring (bicyclic) bond motifs is 2. The summed E-state index contributed by atoms with van der Waals surface area (Å²) >= 11 is 0. The van der Waals surface area contributed by atoms with Crippen molar-refractivity contribution in [1.82, 2.24) is 24.8 Å². The molecule has 1 unspecified atom stereocenters.